The van der Waals surface area contributed by atoms with Crippen molar-refractivity contribution < 1.29 is 18.7 Å². The largest absolute Gasteiger partial charge is 0.427 e. The van der Waals surface area contributed by atoms with Crippen molar-refractivity contribution in [2.45, 2.75) is 19.4 Å². The standard InChI is InChI=1S/C26H24O5/c1-6-8-18(7-2)24-23(19-9-11-20(12-10-19)30-17(3)27)21-13-15-26(4,29-5)16-14-22(21)31-25(24)28/h6-16H,1-2H2,3-5H3/b18-8+. The lowest BCUT2D eigenvalue weighted by Crippen LogP contribution is -2.19. The van der Waals surface area contributed by atoms with Crippen LogP contribution in [-0.2, 0) is 9.53 Å². The minimum absolute atomic E-state index is 0.368. The minimum atomic E-state index is -0.646. The van der Waals surface area contributed by atoms with E-state index in [1.54, 1.807) is 55.7 Å². The Bertz CT molecular complexity index is 1180. The van der Waals surface area contributed by atoms with E-state index in [0.717, 1.165) is 11.1 Å². The number of hydrogen-bond acceptors (Lipinski definition) is 5. The normalized spacial score (nSPS) is 17.6. The molecule has 1 atom stereocenters. The van der Waals surface area contributed by atoms with Crippen LogP contribution in [0.15, 0.2) is 77.0 Å². The number of benzene rings is 1. The fraction of sp³-hybridized carbons (Fsp3) is 0.154. The molecule has 1 aromatic carbocycles. The number of fused-ring (bicyclic) bond motifs is 1. The van der Waals surface area contributed by atoms with E-state index in [4.69, 9.17) is 13.9 Å². The summed E-state index contributed by atoms with van der Waals surface area (Å²) >= 11 is 0. The zero-order chi connectivity index (χ0) is 22.6. The van der Waals surface area contributed by atoms with Gasteiger partial charge in [-0.2, -0.15) is 0 Å². The molecule has 5 nitrogen and oxygen atoms in total. The summed E-state index contributed by atoms with van der Waals surface area (Å²) in [6, 6.07) is 6.95. The van der Waals surface area contributed by atoms with Crippen LogP contribution in [0.3, 0.4) is 0 Å². The van der Waals surface area contributed by atoms with E-state index in [2.05, 4.69) is 13.2 Å². The van der Waals surface area contributed by atoms with Gasteiger partial charge in [-0.25, -0.2) is 4.79 Å². The summed E-state index contributed by atoms with van der Waals surface area (Å²) in [4.78, 5) is 24.3. The number of hydrogen-bond donors (Lipinski definition) is 0. The van der Waals surface area contributed by atoms with E-state index >= 15 is 0 Å². The molecule has 2 aromatic rings. The third-order valence-corrected chi connectivity index (χ3v) is 4.99. The van der Waals surface area contributed by atoms with Crippen molar-refractivity contribution in [2.75, 3.05) is 7.11 Å². The molecule has 1 aromatic heterocycles. The molecule has 0 N–H and O–H groups in total. The van der Waals surface area contributed by atoms with Gasteiger partial charge in [0.25, 0.3) is 0 Å². The first-order chi connectivity index (χ1) is 14.8. The zero-order valence-electron chi connectivity index (χ0n) is 17.8. The molecule has 0 fully saturated rings. The first-order valence-corrected chi connectivity index (χ1v) is 9.71. The lowest BCUT2D eigenvalue weighted by Gasteiger charge is -2.18. The summed E-state index contributed by atoms with van der Waals surface area (Å²) < 4.78 is 16.4. The van der Waals surface area contributed by atoms with Gasteiger partial charge >= 0.3 is 11.6 Å². The minimum Gasteiger partial charge on any atom is -0.427 e. The van der Waals surface area contributed by atoms with Crippen LogP contribution in [0.1, 0.15) is 30.7 Å². The summed E-state index contributed by atoms with van der Waals surface area (Å²) in [7, 11) is 1.61. The van der Waals surface area contributed by atoms with Crippen LogP contribution >= 0.6 is 0 Å². The number of allylic oxidation sites excluding steroid dienone is 4. The van der Waals surface area contributed by atoms with Crippen molar-refractivity contribution in [3.63, 3.8) is 0 Å². The molecule has 0 saturated heterocycles. The van der Waals surface area contributed by atoms with Crippen LogP contribution in [0.2, 0.25) is 0 Å². The second-order valence-corrected chi connectivity index (χ2v) is 7.15. The average Bonchev–Trinajstić information content (AvgIpc) is 2.91. The van der Waals surface area contributed by atoms with Gasteiger partial charge in [0.15, 0.2) is 0 Å². The number of methoxy groups -OCH3 is 1. The van der Waals surface area contributed by atoms with E-state index in [1.165, 1.54) is 6.92 Å². The fourth-order valence-electron chi connectivity index (χ4n) is 3.33. The summed E-state index contributed by atoms with van der Waals surface area (Å²) in [6.45, 7) is 10.8. The van der Waals surface area contributed by atoms with Gasteiger partial charge in [-0.05, 0) is 48.4 Å². The summed E-state index contributed by atoms with van der Waals surface area (Å²) in [5.41, 5.74) is 1.97. The molecule has 0 aliphatic heterocycles. The monoisotopic (exact) mass is 416 g/mol. The molecule has 0 radical (unpaired) electrons. The van der Waals surface area contributed by atoms with Crippen LogP contribution in [0.4, 0.5) is 0 Å². The highest BCUT2D eigenvalue weighted by atomic mass is 16.5. The summed E-state index contributed by atoms with van der Waals surface area (Å²) in [6.07, 6.45) is 12.2. The van der Waals surface area contributed by atoms with Gasteiger partial charge in [-0.3, -0.25) is 4.79 Å². The highest BCUT2D eigenvalue weighted by Crippen LogP contribution is 2.37. The lowest BCUT2D eigenvalue weighted by atomic mass is 9.91. The molecule has 31 heavy (non-hydrogen) atoms. The van der Waals surface area contributed by atoms with Gasteiger partial charge in [-0.15, -0.1) is 0 Å². The van der Waals surface area contributed by atoms with Crippen LogP contribution in [0.25, 0.3) is 28.9 Å². The van der Waals surface area contributed by atoms with Gasteiger partial charge in [0.1, 0.15) is 17.1 Å². The molecule has 1 heterocycles. The maximum absolute atomic E-state index is 13.1. The predicted molar refractivity (Wildman–Crippen MR) is 124 cm³/mol. The highest BCUT2D eigenvalue weighted by molar-refractivity contribution is 5.92. The molecule has 1 unspecified atom stereocenters. The summed E-state index contributed by atoms with van der Waals surface area (Å²) in [5.74, 6) is 0.434. The van der Waals surface area contributed by atoms with Crippen LogP contribution in [0, 0.1) is 0 Å². The van der Waals surface area contributed by atoms with Gasteiger partial charge in [0, 0.05) is 25.2 Å². The number of esters is 1. The van der Waals surface area contributed by atoms with E-state index in [1.807, 2.05) is 25.2 Å². The Balaban J connectivity index is 2.34. The second kappa shape index (κ2) is 8.98. The molecule has 0 bridgehead atoms. The number of carbonyl (C=O) groups excluding carboxylic acids is 1. The molecule has 5 heteroatoms. The Labute approximate surface area is 181 Å². The zero-order valence-corrected chi connectivity index (χ0v) is 17.8. The Morgan fingerprint density at radius 2 is 1.81 bits per heavy atom. The van der Waals surface area contributed by atoms with Gasteiger partial charge in [0.2, 0.25) is 0 Å². The Morgan fingerprint density at radius 3 is 2.39 bits per heavy atom. The van der Waals surface area contributed by atoms with Gasteiger partial charge < -0.3 is 13.9 Å². The van der Waals surface area contributed by atoms with E-state index in [0.29, 0.717) is 28.2 Å². The molecule has 3 rings (SSSR count). The molecule has 1 aliphatic rings. The smallest absolute Gasteiger partial charge is 0.344 e. The summed E-state index contributed by atoms with van der Waals surface area (Å²) in [5, 5.41) is 0. The van der Waals surface area contributed by atoms with Crippen molar-refractivity contribution in [1.29, 1.82) is 0 Å². The third-order valence-electron chi connectivity index (χ3n) is 4.99. The maximum Gasteiger partial charge on any atom is 0.344 e. The molecule has 158 valence electrons. The van der Waals surface area contributed by atoms with Gasteiger partial charge in [0.05, 0.1) is 5.56 Å². The van der Waals surface area contributed by atoms with E-state index < -0.39 is 17.2 Å². The third kappa shape index (κ3) is 4.57. The van der Waals surface area contributed by atoms with Crippen LogP contribution in [-0.4, -0.2) is 18.7 Å². The molecule has 0 spiro atoms. The highest BCUT2D eigenvalue weighted by Gasteiger charge is 2.25. The van der Waals surface area contributed by atoms with Crippen molar-refractivity contribution in [2.24, 2.45) is 0 Å². The van der Waals surface area contributed by atoms with Crippen molar-refractivity contribution in [1.82, 2.24) is 0 Å². The molecule has 0 saturated carbocycles. The fourth-order valence-corrected chi connectivity index (χ4v) is 3.33. The number of carbonyl (C=O) groups is 1. The SMILES string of the molecule is C=C/C=C(\C=C)c1c(-c2ccc(OC(C)=O)cc2)c2c(oc1=O)C=CC(C)(OC)C=C2. The quantitative estimate of drug-likeness (QED) is 0.357. The number of ether oxygens (including phenoxy) is 2. The molecule has 1 aliphatic carbocycles. The predicted octanol–water partition coefficient (Wildman–Crippen LogP) is 5.43. The Hall–Kier alpha value is -3.70. The molecular formula is C26H24O5. The van der Waals surface area contributed by atoms with Crippen molar-refractivity contribution >= 4 is 23.7 Å². The van der Waals surface area contributed by atoms with E-state index in [9.17, 15) is 9.59 Å². The number of rotatable bonds is 6. The Kier molecular flexibility index (Phi) is 6.37. The van der Waals surface area contributed by atoms with Crippen LogP contribution in [0.5, 0.6) is 5.75 Å². The first kappa shape index (κ1) is 22.0. The lowest BCUT2D eigenvalue weighted by molar-refractivity contribution is -0.131. The van der Waals surface area contributed by atoms with Crippen LogP contribution < -0.4 is 10.4 Å². The van der Waals surface area contributed by atoms with E-state index in [-0.39, 0.29) is 0 Å². The molecule has 0 amide bonds. The first-order valence-electron chi connectivity index (χ1n) is 9.71. The van der Waals surface area contributed by atoms with Crippen molar-refractivity contribution in [3.8, 4) is 16.9 Å². The maximum atomic E-state index is 13.1. The Morgan fingerprint density at radius 1 is 1.13 bits per heavy atom. The van der Waals surface area contributed by atoms with Gasteiger partial charge in [-0.1, -0.05) is 49.6 Å². The topological polar surface area (TPSA) is 65.7 Å². The van der Waals surface area contributed by atoms with Crippen molar-refractivity contribution in [3.05, 3.63) is 95.1 Å². The second-order valence-electron chi connectivity index (χ2n) is 7.15. The molecular weight excluding hydrogens is 392 g/mol. The average molecular weight is 416 g/mol.